The van der Waals surface area contributed by atoms with Gasteiger partial charge in [-0.1, -0.05) is 0 Å². The third-order valence-electron chi connectivity index (χ3n) is 2.41. The monoisotopic (exact) mass is 165 g/mol. The van der Waals surface area contributed by atoms with E-state index in [0.29, 0.717) is 12.5 Å². The van der Waals surface area contributed by atoms with E-state index in [1.54, 1.807) is 0 Å². The van der Waals surface area contributed by atoms with Crippen LogP contribution < -0.4 is 5.32 Å². The summed E-state index contributed by atoms with van der Waals surface area (Å²) in [5.41, 5.74) is 0. The molecule has 0 aromatic rings. The molecule has 0 amide bonds. The average Bonchev–Trinajstić information content (AvgIpc) is 2.58. The van der Waals surface area contributed by atoms with Crippen molar-refractivity contribution in [2.45, 2.75) is 19.0 Å². The lowest BCUT2D eigenvalue weighted by atomic mass is 10.0. The molecule has 0 aromatic carbocycles. The van der Waals surface area contributed by atoms with Gasteiger partial charge in [0.1, 0.15) is 6.17 Å². The first-order chi connectivity index (χ1) is 4.38. The normalized spacial score (nSPS) is 39.3. The standard InChI is InChI=1S/C7H12FN.ClH/c8-7-4-9-3-6(7)5-1-2-5;/h5-7,9H,1-4H2;1H. The molecule has 1 saturated carbocycles. The number of halogens is 2. The molecule has 2 atom stereocenters. The molecule has 3 heteroatoms. The largest absolute Gasteiger partial charge is 0.313 e. The molecule has 2 aliphatic rings. The van der Waals surface area contributed by atoms with E-state index >= 15 is 0 Å². The summed E-state index contributed by atoms with van der Waals surface area (Å²) in [6, 6.07) is 0. The van der Waals surface area contributed by atoms with Crippen LogP contribution in [0.5, 0.6) is 0 Å². The van der Waals surface area contributed by atoms with Crippen LogP contribution in [-0.4, -0.2) is 19.3 Å². The van der Waals surface area contributed by atoms with Crippen molar-refractivity contribution in [1.82, 2.24) is 5.32 Å². The van der Waals surface area contributed by atoms with E-state index in [-0.39, 0.29) is 12.4 Å². The van der Waals surface area contributed by atoms with Crippen LogP contribution in [-0.2, 0) is 0 Å². The van der Waals surface area contributed by atoms with E-state index < -0.39 is 6.17 Å². The summed E-state index contributed by atoms with van der Waals surface area (Å²) in [5.74, 6) is 1.10. The minimum atomic E-state index is -0.544. The topological polar surface area (TPSA) is 12.0 Å². The highest BCUT2D eigenvalue weighted by Gasteiger charge is 2.39. The molecule has 1 aliphatic heterocycles. The Hall–Kier alpha value is 0.180. The van der Waals surface area contributed by atoms with Gasteiger partial charge >= 0.3 is 0 Å². The van der Waals surface area contributed by atoms with E-state index in [4.69, 9.17) is 0 Å². The van der Waals surface area contributed by atoms with E-state index in [0.717, 1.165) is 12.5 Å². The molecule has 2 fully saturated rings. The minimum Gasteiger partial charge on any atom is -0.313 e. The van der Waals surface area contributed by atoms with Crippen molar-refractivity contribution in [1.29, 1.82) is 0 Å². The molecule has 1 aliphatic carbocycles. The Balaban J connectivity index is 0.000000500. The Labute approximate surface area is 66.8 Å². The maximum Gasteiger partial charge on any atom is 0.117 e. The maximum atomic E-state index is 12.8. The van der Waals surface area contributed by atoms with Gasteiger partial charge in [0.2, 0.25) is 0 Å². The summed E-state index contributed by atoms with van der Waals surface area (Å²) >= 11 is 0. The first-order valence-electron chi connectivity index (χ1n) is 3.72. The van der Waals surface area contributed by atoms with Gasteiger partial charge in [0.25, 0.3) is 0 Å². The van der Waals surface area contributed by atoms with Gasteiger partial charge in [-0.15, -0.1) is 12.4 Å². The van der Waals surface area contributed by atoms with Gasteiger partial charge < -0.3 is 5.32 Å². The minimum absolute atomic E-state index is 0. The van der Waals surface area contributed by atoms with Crippen LogP contribution in [0, 0.1) is 11.8 Å². The van der Waals surface area contributed by atoms with Gasteiger partial charge in [0, 0.05) is 19.0 Å². The molecule has 1 saturated heterocycles. The van der Waals surface area contributed by atoms with Gasteiger partial charge in [0.05, 0.1) is 0 Å². The Bertz CT molecular complexity index is 116. The summed E-state index contributed by atoms with van der Waals surface area (Å²) in [4.78, 5) is 0. The Kier molecular flexibility index (Phi) is 2.53. The molecule has 60 valence electrons. The predicted octanol–water partition coefficient (Wildman–Crippen LogP) is 1.38. The predicted molar refractivity (Wildman–Crippen MR) is 41.2 cm³/mol. The number of hydrogen-bond donors (Lipinski definition) is 1. The lowest BCUT2D eigenvalue weighted by Crippen LogP contribution is -2.14. The highest BCUT2D eigenvalue weighted by Crippen LogP contribution is 2.40. The Morgan fingerprint density at radius 3 is 2.30 bits per heavy atom. The third-order valence-corrected chi connectivity index (χ3v) is 2.41. The van der Waals surface area contributed by atoms with Crippen molar-refractivity contribution >= 4 is 12.4 Å². The van der Waals surface area contributed by atoms with Crippen LogP contribution in [0.25, 0.3) is 0 Å². The number of hydrogen-bond acceptors (Lipinski definition) is 1. The molecular formula is C7H13ClFN. The van der Waals surface area contributed by atoms with Crippen LogP contribution in [0.2, 0.25) is 0 Å². The van der Waals surface area contributed by atoms with E-state index in [2.05, 4.69) is 5.32 Å². The van der Waals surface area contributed by atoms with Gasteiger partial charge in [-0.05, 0) is 18.8 Å². The first-order valence-corrected chi connectivity index (χ1v) is 3.72. The summed E-state index contributed by atoms with van der Waals surface area (Å²) in [6.07, 6.45) is 2.00. The lowest BCUT2D eigenvalue weighted by molar-refractivity contribution is 0.262. The van der Waals surface area contributed by atoms with Crippen molar-refractivity contribution in [3.05, 3.63) is 0 Å². The molecule has 0 radical (unpaired) electrons. The quantitative estimate of drug-likeness (QED) is 0.619. The zero-order valence-electron chi connectivity index (χ0n) is 5.85. The molecule has 10 heavy (non-hydrogen) atoms. The van der Waals surface area contributed by atoms with Gasteiger partial charge in [-0.2, -0.15) is 0 Å². The van der Waals surface area contributed by atoms with Crippen molar-refractivity contribution < 1.29 is 4.39 Å². The molecule has 2 rings (SSSR count). The molecule has 0 aromatic heterocycles. The average molecular weight is 166 g/mol. The first kappa shape index (κ1) is 8.28. The van der Waals surface area contributed by atoms with Crippen molar-refractivity contribution in [3.8, 4) is 0 Å². The molecule has 0 bridgehead atoms. The van der Waals surface area contributed by atoms with Gasteiger partial charge in [-0.3, -0.25) is 0 Å². The molecule has 1 nitrogen and oxygen atoms in total. The highest BCUT2D eigenvalue weighted by atomic mass is 35.5. The summed E-state index contributed by atoms with van der Waals surface area (Å²) in [6.45, 7) is 1.52. The number of rotatable bonds is 1. The van der Waals surface area contributed by atoms with Gasteiger partial charge in [0.15, 0.2) is 0 Å². The smallest absolute Gasteiger partial charge is 0.117 e. The SMILES string of the molecule is Cl.FC1CNCC1C1CC1. The fourth-order valence-corrected chi connectivity index (χ4v) is 1.65. The van der Waals surface area contributed by atoms with Crippen molar-refractivity contribution in [3.63, 3.8) is 0 Å². The fourth-order valence-electron chi connectivity index (χ4n) is 1.65. The summed E-state index contributed by atoms with van der Waals surface area (Å²) in [7, 11) is 0. The van der Waals surface area contributed by atoms with Crippen LogP contribution in [0.4, 0.5) is 4.39 Å². The zero-order valence-corrected chi connectivity index (χ0v) is 6.66. The summed E-state index contributed by atoms with van der Waals surface area (Å²) in [5, 5.41) is 3.07. The van der Waals surface area contributed by atoms with E-state index in [1.165, 1.54) is 12.8 Å². The van der Waals surface area contributed by atoms with Crippen LogP contribution in [0.1, 0.15) is 12.8 Å². The molecule has 1 N–H and O–H groups in total. The number of alkyl halides is 1. The zero-order chi connectivity index (χ0) is 6.27. The van der Waals surface area contributed by atoms with Crippen LogP contribution in [0.15, 0.2) is 0 Å². The summed E-state index contributed by atoms with van der Waals surface area (Å²) < 4.78 is 12.8. The lowest BCUT2D eigenvalue weighted by Gasteiger charge is -2.07. The van der Waals surface area contributed by atoms with Gasteiger partial charge in [-0.25, -0.2) is 4.39 Å². The Morgan fingerprint density at radius 2 is 1.90 bits per heavy atom. The van der Waals surface area contributed by atoms with E-state index in [9.17, 15) is 4.39 Å². The molecule has 0 spiro atoms. The van der Waals surface area contributed by atoms with E-state index in [1.807, 2.05) is 0 Å². The van der Waals surface area contributed by atoms with Crippen LogP contribution in [0.3, 0.4) is 0 Å². The second kappa shape index (κ2) is 3.05. The van der Waals surface area contributed by atoms with Crippen molar-refractivity contribution in [2.75, 3.05) is 13.1 Å². The number of nitrogens with one attached hydrogen (secondary N) is 1. The van der Waals surface area contributed by atoms with Crippen molar-refractivity contribution in [2.24, 2.45) is 11.8 Å². The Morgan fingerprint density at radius 1 is 1.20 bits per heavy atom. The molecule has 1 heterocycles. The third kappa shape index (κ3) is 1.43. The molecular weight excluding hydrogens is 153 g/mol. The molecule has 2 unspecified atom stereocenters. The second-order valence-corrected chi connectivity index (χ2v) is 3.18. The second-order valence-electron chi connectivity index (χ2n) is 3.18. The highest BCUT2D eigenvalue weighted by molar-refractivity contribution is 5.85. The fraction of sp³-hybridized carbons (Fsp3) is 1.00. The maximum absolute atomic E-state index is 12.8. The van der Waals surface area contributed by atoms with Crippen LogP contribution >= 0.6 is 12.4 Å².